The standard InChI is InChI=1S/C32H38N2O/c1-21-19-34(20-21)27-6-5-25-16-26-9-11-30(2)28(23-4-3-22-10-14-33-18-24(22)15-23)7-8-29(30)32(26)13-12-31(25,17-27)35-32/h3-4,9-10,14-16,18,21,27-29H,5-8,11-13,17,19-20H2,1-2H3/t27?,28?,29?,30?,31-,32-/m1/s1. The van der Waals surface area contributed by atoms with Crippen LogP contribution in [0.2, 0.25) is 0 Å². The van der Waals surface area contributed by atoms with Crippen LogP contribution in [0.5, 0.6) is 0 Å². The van der Waals surface area contributed by atoms with Gasteiger partial charge in [0.05, 0.1) is 11.2 Å². The SMILES string of the molecule is CC1CN(C2CCC3=CC4=CCC5(C)C(c6ccc7ccncc7c6)CCC5[C@@]45CC[C@]3(C2)O5)C1. The van der Waals surface area contributed by atoms with E-state index in [4.69, 9.17) is 4.74 Å². The molecular weight excluding hydrogens is 428 g/mol. The van der Waals surface area contributed by atoms with Gasteiger partial charge in [0.2, 0.25) is 0 Å². The van der Waals surface area contributed by atoms with E-state index in [9.17, 15) is 0 Å². The van der Waals surface area contributed by atoms with E-state index in [1.807, 2.05) is 12.4 Å². The van der Waals surface area contributed by atoms with Crippen LogP contribution in [0.25, 0.3) is 10.8 Å². The third kappa shape index (κ3) is 2.77. The molecule has 2 aromatic rings. The Hall–Kier alpha value is -1.97. The highest BCUT2D eigenvalue weighted by Crippen LogP contribution is 2.69. The number of rotatable bonds is 2. The lowest BCUT2D eigenvalue weighted by Gasteiger charge is -2.56. The molecule has 6 atom stereocenters. The number of pyridine rings is 1. The maximum absolute atomic E-state index is 7.52. The predicted molar refractivity (Wildman–Crippen MR) is 140 cm³/mol. The first-order chi connectivity index (χ1) is 17.0. The Bertz CT molecular complexity index is 1270. The van der Waals surface area contributed by atoms with Gasteiger partial charge in [0.1, 0.15) is 0 Å². The molecule has 3 nitrogen and oxygen atoms in total. The number of hydrogen-bond donors (Lipinski definition) is 0. The Labute approximate surface area is 209 Å². The fourth-order valence-corrected chi connectivity index (χ4v) is 9.61. The van der Waals surface area contributed by atoms with Gasteiger partial charge in [0, 0.05) is 36.9 Å². The highest BCUT2D eigenvalue weighted by atomic mass is 16.5. The van der Waals surface area contributed by atoms with Gasteiger partial charge in [-0.1, -0.05) is 38.1 Å². The molecule has 3 aliphatic carbocycles. The molecule has 2 saturated heterocycles. The lowest BCUT2D eigenvalue weighted by atomic mass is 9.58. The first-order valence-corrected chi connectivity index (χ1v) is 14.2. The average Bonchev–Trinajstić information content (AvgIpc) is 3.36. The number of aromatic nitrogens is 1. The van der Waals surface area contributed by atoms with Crippen LogP contribution in [0, 0.1) is 17.3 Å². The lowest BCUT2D eigenvalue weighted by molar-refractivity contribution is -0.144. The number of nitrogens with zero attached hydrogens (tertiary/aromatic N) is 2. The van der Waals surface area contributed by atoms with E-state index in [0.29, 0.717) is 11.8 Å². The van der Waals surface area contributed by atoms with Crippen molar-refractivity contribution in [3.8, 4) is 0 Å². The van der Waals surface area contributed by atoms with E-state index in [1.165, 1.54) is 80.8 Å². The quantitative estimate of drug-likeness (QED) is 0.487. The Morgan fingerprint density at radius 1 is 1.06 bits per heavy atom. The van der Waals surface area contributed by atoms with Crippen LogP contribution in [0.3, 0.4) is 0 Å². The molecule has 35 heavy (non-hydrogen) atoms. The van der Waals surface area contributed by atoms with Crippen LogP contribution < -0.4 is 0 Å². The highest BCUT2D eigenvalue weighted by Gasteiger charge is 2.66. The van der Waals surface area contributed by atoms with Gasteiger partial charge in [-0.25, -0.2) is 0 Å². The number of hydrogen-bond acceptors (Lipinski definition) is 3. The van der Waals surface area contributed by atoms with E-state index < -0.39 is 0 Å². The van der Waals surface area contributed by atoms with E-state index in [0.717, 1.165) is 12.0 Å². The molecule has 1 aromatic carbocycles. The molecule has 4 unspecified atom stereocenters. The minimum absolute atomic E-state index is 0.0179. The van der Waals surface area contributed by atoms with Crippen LogP contribution in [0.15, 0.2) is 60.0 Å². The van der Waals surface area contributed by atoms with Gasteiger partial charge in [-0.3, -0.25) is 9.88 Å². The van der Waals surface area contributed by atoms with Crippen molar-refractivity contribution in [2.75, 3.05) is 13.1 Å². The van der Waals surface area contributed by atoms with E-state index in [-0.39, 0.29) is 16.6 Å². The minimum atomic E-state index is -0.0478. The van der Waals surface area contributed by atoms with E-state index in [2.05, 4.69) is 60.1 Å². The minimum Gasteiger partial charge on any atom is -0.359 e. The van der Waals surface area contributed by atoms with Crippen LogP contribution in [0.1, 0.15) is 76.7 Å². The first kappa shape index (κ1) is 21.1. The summed E-state index contributed by atoms with van der Waals surface area (Å²) in [6.45, 7) is 7.57. The smallest absolute Gasteiger partial charge is 0.0974 e. The largest absolute Gasteiger partial charge is 0.359 e. The molecule has 4 fully saturated rings. The molecule has 182 valence electrons. The summed E-state index contributed by atoms with van der Waals surface area (Å²) in [7, 11) is 0. The Morgan fingerprint density at radius 3 is 2.86 bits per heavy atom. The number of benzene rings is 1. The fraction of sp³-hybridized carbons (Fsp3) is 0.594. The second kappa shape index (κ2) is 7.07. The molecule has 2 bridgehead atoms. The summed E-state index contributed by atoms with van der Waals surface area (Å²) in [5, 5.41) is 2.57. The Morgan fingerprint density at radius 2 is 1.97 bits per heavy atom. The molecular formula is C32H38N2O. The predicted octanol–water partition coefficient (Wildman–Crippen LogP) is 6.80. The zero-order chi connectivity index (χ0) is 23.4. The second-order valence-corrected chi connectivity index (χ2v) is 13.1. The molecule has 3 aliphatic heterocycles. The van der Waals surface area contributed by atoms with Crippen LogP contribution in [0.4, 0.5) is 0 Å². The second-order valence-electron chi connectivity index (χ2n) is 13.1. The Balaban J connectivity index is 1.14. The lowest BCUT2D eigenvalue weighted by Crippen LogP contribution is -2.58. The molecule has 0 amide bonds. The summed E-state index contributed by atoms with van der Waals surface area (Å²) >= 11 is 0. The van der Waals surface area contributed by atoms with Crippen LogP contribution in [-0.4, -0.2) is 40.2 Å². The number of allylic oxidation sites excluding steroid dienone is 1. The van der Waals surface area contributed by atoms with Gasteiger partial charge in [0.15, 0.2) is 0 Å². The number of ether oxygens (including phenoxy) is 1. The normalized spacial score (nSPS) is 42.6. The van der Waals surface area contributed by atoms with Crippen LogP contribution in [-0.2, 0) is 4.74 Å². The monoisotopic (exact) mass is 466 g/mol. The van der Waals surface area contributed by atoms with Gasteiger partial charge >= 0.3 is 0 Å². The maximum Gasteiger partial charge on any atom is 0.0974 e. The number of fused-ring (bicyclic) bond motifs is 2. The molecule has 2 spiro atoms. The fourth-order valence-electron chi connectivity index (χ4n) is 9.61. The van der Waals surface area contributed by atoms with Gasteiger partial charge in [-0.05, 0) is 109 Å². The summed E-state index contributed by atoms with van der Waals surface area (Å²) in [5.74, 6) is 2.09. The summed E-state index contributed by atoms with van der Waals surface area (Å²) in [6.07, 6.45) is 19.1. The molecule has 6 aliphatic rings. The summed E-state index contributed by atoms with van der Waals surface area (Å²) in [4.78, 5) is 7.15. The first-order valence-electron chi connectivity index (χ1n) is 14.2. The molecule has 0 N–H and O–H groups in total. The highest BCUT2D eigenvalue weighted by molar-refractivity contribution is 5.82. The number of likely N-dealkylation sites (tertiary alicyclic amines) is 1. The molecule has 2 saturated carbocycles. The molecule has 1 aromatic heterocycles. The van der Waals surface area contributed by atoms with Crippen molar-refractivity contribution in [1.82, 2.24) is 9.88 Å². The molecule has 0 radical (unpaired) electrons. The van der Waals surface area contributed by atoms with E-state index >= 15 is 0 Å². The maximum atomic E-state index is 7.52. The van der Waals surface area contributed by atoms with Crippen molar-refractivity contribution >= 4 is 10.8 Å². The van der Waals surface area contributed by atoms with Crippen molar-refractivity contribution in [1.29, 1.82) is 0 Å². The van der Waals surface area contributed by atoms with Gasteiger partial charge < -0.3 is 4.74 Å². The summed E-state index contributed by atoms with van der Waals surface area (Å²) < 4.78 is 7.52. The summed E-state index contributed by atoms with van der Waals surface area (Å²) in [5.41, 5.74) is 4.91. The zero-order valence-electron chi connectivity index (χ0n) is 21.3. The summed E-state index contributed by atoms with van der Waals surface area (Å²) in [6, 6.07) is 9.98. The van der Waals surface area contributed by atoms with Crippen molar-refractivity contribution in [2.24, 2.45) is 17.3 Å². The van der Waals surface area contributed by atoms with Crippen LogP contribution >= 0.6 is 0 Å². The molecule has 8 rings (SSSR count). The molecule has 4 heterocycles. The van der Waals surface area contributed by atoms with Crippen molar-refractivity contribution in [2.45, 2.75) is 88.4 Å². The van der Waals surface area contributed by atoms with Gasteiger partial charge in [-0.2, -0.15) is 0 Å². The third-order valence-corrected chi connectivity index (χ3v) is 11.3. The van der Waals surface area contributed by atoms with Gasteiger partial charge in [0.25, 0.3) is 0 Å². The molecule has 3 heteroatoms. The van der Waals surface area contributed by atoms with Gasteiger partial charge in [-0.15, -0.1) is 0 Å². The van der Waals surface area contributed by atoms with E-state index in [1.54, 1.807) is 11.1 Å². The van der Waals surface area contributed by atoms with Crippen molar-refractivity contribution in [3.63, 3.8) is 0 Å². The third-order valence-electron chi connectivity index (χ3n) is 11.3. The van der Waals surface area contributed by atoms with Crippen molar-refractivity contribution < 1.29 is 4.74 Å². The average molecular weight is 467 g/mol. The topological polar surface area (TPSA) is 25.4 Å². The van der Waals surface area contributed by atoms with Crippen molar-refractivity contribution in [3.05, 3.63) is 65.5 Å². The Kier molecular flexibility index (Phi) is 4.27. The zero-order valence-corrected chi connectivity index (χ0v) is 21.3.